The highest BCUT2D eigenvalue weighted by Gasteiger charge is 2.16. The molecule has 0 saturated carbocycles. The number of aryl methyl sites for hydroxylation is 2. The molecule has 4 nitrogen and oxygen atoms in total. The molecule has 0 atom stereocenters. The molecule has 7 heteroatoms. The van der Waals surface area contributed by atoms with Crippen molar-refractivity contribution in [2.24, 2.45) is 0 Å². The Morgan fingerprint density at radius 2 is 1.91 bits per heavy atom. The Balaban J connectivity index is 1.95. The van der Waals surface area contributed by atoms with E-state index >= 15 is 0 Å². The van der Waals surface area contributed by atoms with Gasteiger partial charge in [0.05, 0.1) is 9.92 Å². The van der Waals surface area contributed by atoms with Gasteiger partial charge >= 0.3 is 0 Å². The highest BCUT2D eigenvalue weighted by Crippen LogP contribution is 2.24. The van der Waals surface area contributed by atoms with Crippen LogP contribution in [0.15, 0.2) is 41.3 Å². The van der Waals surface area contributed by atoms with E-state index < -0.39 is 15.8 Å². The molecule has 0 saturated heterocycles. The van der Waals surface area contributed by atoms with Crippen LogP contribution in [0.25, 0.3) is 0 Å². The fourth-order valence-corrected chi connectivity index (χ4v) is 3.57. The van der Waals surface area contributed by atoms with Crippen molar-refractivity contribution < 1.29 is 17.5 Å². The first-order valence-electron chi connectivity index (χ1n) is 6.94. The molecular formula is C16H17ClFNO3S. The zero-order valence-electron chi connectivity index (χ0n) is 12.8. The third kappa shape index (κ3) is 4.67. The number of nitrogens with one attached hydrogen (secondary N) is 1. The number of rotatable bonds is 6. The number of ether oxygens (including phenoxy) is 1. The van der Waals surface area contributed by atoms with E-state index in [1.807, 2.05) is 13.0 Å². The molecule has 0 aliphatic carbocycles. The minimum Gasteiger partial charge on any atom is -0.491 e. The van der Waals surface area contributed by atoms with Crippen molar-refractivity contribution in [1.82, 2.24) is 4.72 Å². The van der Waals surface area contributed by atoms with Crippen molar-refractivity contribution >= 4 is 21.6 Å². The monoisotopic (exact) mass is 357 g/mol. The van der Waals surface area contributed by atoms with Gasteiger partial charge in [-0.15, -0.1) is 0 Å². The predicted molar refractivity (Wildman–Crippen MR) is 88.0 cm³/mol. The summed E-state index contributed by atoms with van der Waals surface area (Å²) >= 11 is 5.83. The van der Waals surface area contributed by atoms with E-state index in [0.717, 1.165) is 11.6 Å². The second-order valence-electron chi connectivity index (χ2n) is 5.09. The van der Waals surface area contributed by atoms with Crippen molar-refractivity contribution in [3.63, 3.8) is 0 Å². The van der Waals surface area contributed by atoms with Crippen LogP contribution in [0.4, 0.5) is 4.39 Å². The lowest BCUT2D eigenvalue weighted by Crippen LogP contribution is -2.28. The summed E-state index contributed by atoms with van der Waals surface area (Å²) in [5, 5.41) is 0.141. The van der Waals surface area contributed by atoms with Crippen LogP contribution in [-0.4, -0.2) is 21.6 Å². The van der Waals surface area contributed by atoms with Crippen LogP contribution >= 0.6 is 11.6 Å². The van der Waals surface area contributed by atoms with E-state index in [-0.39, 0.29) is 23.1 Å². The van der Waals surface area contributed by atoms with Gasteiger partial charge in [0.25, 0.3) is 0 Å². The summed E-state index contributed by atoms with van der Waals surface area (Å²) < 4.78 is 45.2. The van der Waals surface area contributed by atoms with Gasteiger partial charge < -0.3 is 4.74 Å². The quantitative estimate of drug-likeness (QED) is 0.805. The second kappa shape index (κ2) is 7.29. The Kier molecular flexibility index (Phi) is 5.62. The lowest BCUT2D eigenvalue weighted by molar-refractivity contribution is 0.322. The minimum absolute atomic E-state index is 0.0728. The van der Waals surface area contributed by atoms with Crippen molar-refractivity contribution in [3.8, 4) is 5.75 Å². The summed E-state index contributed by atoms with van der Waals surface area (Å²) in [5.41, 5.74) is 1.68. The van der Waals surface area contributed by atoms with Gasteiger partial charge in [-0.3, -0.25) is 0 Å². The summed E-state index contributed by atoms with van der Waals surface area (Å²) in [4.78, 5) is 0.239. The first-order chi connectivity index (χ1) is 10.8. The maximum atomic E-state index is 12.9. The number of benzene rings is 2. The van der Waals surface area contributed by atoms with Crippen LogP contribution in [0.2, 0.25) is 5.02 Å². The first-order valence-corrected chi connectivity index (χ1v) is 8.80. The van der Waals surface area contributed by atoms with Crippen LogP contribution < -0.4 is 9.46 Å². The Labute approximate surface area is 140 Å². The molecule has 0 fully saturated rings. The smallest absolute Gasteiger partial charge is 0.240 e. The number of halogens is 2. The van der Waals surface area contributed by atoms with Crippen molar-refractivity contribution in [2.75, 3.05) is 13.2 Å². The van der Waals surface area contributed by atoms with E-state index in [1.165, 1.54) is 12.1 Å². The lowest BCUT2D eigenvalue weighted by Gasteiger charge is -2.11. The highest BCUT2D eigenvalue weighted by atomic mass is 35.5. The molecule has 0 heterocycles. The van der Waals surface area contributed by atoms with E-state index in [0.29, 0.717) is 11.3 Å². The van der Waals surface area contributed by atoms with E-state index in [9.17, 15) is 12.8 Å². The maximum absolute atomic E-state index is 12.9. The molecule has 0 aromatic heterocycles. The summed E-state index contributed by atoms with van der Waals surface area (Å²) in [6.07, 6.45) is 0. The third-order valence-electron chi connectivity index (χ3n) is 3.17. The van der Waals surface area contributed by atoms with Gasteiger partial charge in [-0.25, -0.2) is 17.5 Å². The fraction of sp³-hybridized carbons (Fsp3) is 0.250. The van der Waals surface area contributed by atoms with Gasteiger partial charge in [0.15, 0.2) is 0 Å². The van der Waals surface area contributed by atoms with Crippen LogP contribution in [0.5, 0.6) is 5.75 Å². The van der Waals surface area contributed by atoms with Crippen LogP contribution in [0, 0.1) is 19.7 Å². The second-order valence-corrected chi connectivity index (χ2v) is 7.23. The van der Waals surface area contributed by atoms with Gasteiger partial charge in [0.2, 0.25) is 10.0 Å². The fourth-order valence-electron chi connectivity index (χ4n) is 2.11. The van der Waals surface area contributed by atoms with Crippen molar-refractivity contribution in [1.29, 1.82) is 0 Å². The molecule has 0 unspecified atom stereocenters. The summed E-state index contributed by atoms with van der Waals surface area (Å²) in [5.74, 6) is -0.156. The Morgan fingerprint density at radius 3 is 2.57 bits per heavy atom. The van der Waals surface area contributed by atoms with E-state index in [2.05, 4.69) is 4.72 Å². The largest absolute Gasteiger partial charge is 0.491 e. The molecule has 0 aliphatic heterocycles. The molecule has 2 aromatic carbocycles. The summed E-state index contributed by atoms with van der Waals surface area (Å²) in [6.45, 7) is 3.80. The summed E-state index contributed by atoms with van der Waals surface area (Å²) in [6, 6.07) is 8.89. The molecule has 124 valence electrons. The lowest BCUT2D eigenvalue weighted by atomic mass is 10.2. The Hall–Kier alpha value is -1.63. The van der Waals surface area contributed by atoms with E-state index in [4.69, 9.17) is 16.3 Å². The standard InChI is InChI=1S/C16H17ClFNO3S/c1-11-3-6-16(12(2)9-11)23(20,21)19-7-8-22-15-5-4-13(18)10-14(15)17/h3-6,9-10,19H,7-8H2,1-2H3. The predicted octanol–water partition coefficient (Wildman–Crippen LogP) is 3.45. The van der Waals surface area contributed by atoms with Crippen molar-refractivity contribution in [3.05, 3.63) is 58.4 Å². The van der Waals surface area contributed by atoms with Gasteiger partial charge in [-0.1, -0.05) is 29.3 Å². The normalized spacial score (nSPS) is 11.5. The molecular weight excluding hydrogens is 341 g/mol. The number of hydrogen-bond acceptors (Lipinski definition) is 3. The Morgan fingerprint density at radius 1 is 1.17 bits per heavy atom. The maximum Gasteiger partial charge on any atom is 0.240 e. The average molecular weight is 358 g/mol. The zero-order valence-corrected chi connectivity index (χ0v) is 14.3. The molecule has 23 heavy (non-hydrogen) atoms. The zero-order chi connectivity index (χ0) is 17.0. The Bertz CT molecular complexity index is 809. The molecule has 1 N–H and O–H groups in total. The first kappa shape index (κ1) is 17.7. The van der Waals surface area contributed by atoms with Crippen molar-refractivity contribution in [2.45, 2.75) is 18.7 Å². The van der Waals surface area contributed by atoms with Crippen LogP contribution in [-0.2, 0) is 10.0 Å². The average Bonchev–Trinajstić information content (AvgIpc) is 2.45. The topological polar surface area (TPSA) is 55.4 Å². The molecule has 2 aromatic rings. The molecule has 0 aliphatic rings. The summed E-state index contributed by atoms with van der Waals surface area (Å²) in [7, 11) is -3.60. The molecule has 0 radical (unpaired) electrons. The molecule has 0 bridgehead atoms. The highest BCUT2D eigenvalue weighted by molar-refractivity contribution is 7.89. The molecule has 0 amide bonds. The minimum atomic E-state index is -3.60. The van der Waals surface area contributed by atoms with Crippen LogP contribution in [0.1, 0.15) is 11.1 Å². The SMILES string of the molecule is Cc1ccc(S(=O)(=O)NCCOc2ccc(F)cc2Cl)c(C)c1. The van der Waals surface area contributed by atoms with Gasteiger partial charge in [-0.2, -0.15) is 0 Å². The molecule has 0 spiro atoms. The van der Waals surface area contributed by atoms with Gasteiger partial charge in [0, 0.05) is 6.54 Å². The van der Waals surface area contributed by atoms with Crippen LogP contribution in [0.3, 0.4) is 0 Å². The van der Waals surface area contributed by atoms with Gasteiger partial charge in [-0.05, 0) is 43.7 Å². The third-order valence-corrected chi connectivity index (χ3v) is 5.08. The van der Waals surface area contributed by atoms with E-state index in [1.54, 1.807) is 19.1 Å². The molecule has 2 rings (SSSR count). The number of sulfonamides is 1. The van der Waals surface area contributed by atoms with Gasteiger partial charge in [0.1, 0.15) is 18.2 Å². The number of hydrogen-bond donors (Lipinski definition) is 1.